The summed E-state index contributed by atoms with van der Waals surface area (Å²) in [4.78, 5) is 39.5. The maximum absolute atomic E-state index is 12.9. The van der Waals surface area contributed by atoms with E-state index in [1.165, 1.54) is 7.11 Å². The molecule has 154 valence electrons. The van der Waals surface area contributed by atoms with Crippen molar-refractivity contribution in [3.8, 4) is 5.75 Å². The van der Waals surface area contributed by atoms with E-state index in [4.69, 9.17) is 4.74 Å². The first-order valence-electron chi connectivity index (χ1n) is 9.80. The van der Waals surface area contributed by atoms with Gasteiger partial charge in [-0.05, 0) is 31.5 Å². The lowest BCUT2D eigenvalue weighted by molar-refractivity contribution is -0.136. The Hall–Kier alpha value is -3.15. The van der Waals surface area contributed by atoms with Crippen LogP contribution < -0.4 is 10.1 Å². The summed E-state index contributed by atoms with van der Waals surface area (Å²) in [5, 5.41) is 2.80. The molecule has 0 aliphatic rings. The summed E-state index contributed by atoms with van der Waals surface area (Å²) in [5.74, 6) is -0.0519. The summed E-state index contributed by atoms with van der Waals surface area (Å²) in [6.07, 6.45) is 0.0604. The fourth-order valence-corrected chi connectivity index (χ4v) is 3.05. The summed E-state index contributed by atoms with van der Waals surface area (Å²) in [6.45, 7) is 4.92. The third-order valence-electron chi connectivity index (χ3n) is 4.73. The molecule has 0 radical (unpaired) electrons. The number of rotatable bonds is 10. The van der Waals surface area contributed by atoms with Gasteiger partial charge in [0.25, 0.3) is 0 Å². The smallest absolute Gasteiger partial charge is 0.249 e. The molecule has 2 aromatic rings. The summed E-state index contributed by atoms with van der Waals surface area (Å²) in [5.41, 5.74) is 1.22. The number of likely N-dealkylation sites (N-methyl/N-ethyl adjacent to an activating group) is 1. The van der Waals surface area contributed by atoms with Crippen molar-refractivity contribution in [3.63, 3.8) is 0 Å². The Morgan fingerprint density at radius 1 is 0.966 bits per heavy atom. The van der Waals surface area contributed by atoms with Gasteiger partial charge in [0.05, 0.1) is 7.11 Å². The summed E-state index contributed by atoms with van der Waals surface area (Å²) >= 11 is 0. The summed E-state index contributed by atoms with van der Waals surface area (Å²) < 4.78 is 5.13. The number of nitrogens with one attached hydrogen (secondary N) is 1. The Morgan fingerprint density at radius 3 is 2.28 bits per heavy atom. The average molecular weight is 396 g/mol. The number of hydrogen-bond acceptors (Lipinski definition) is 4. The Balaban J connectivity index is 2.05. The number of hydrogen-bond donors (Lipinski definition) is 1. The van der Waals surface area contributed by atoms with Crippen LogP contribution in [0.5, 0.6) is 5.75 Å². The molecule has 0 saturated heterocycles. The first-order valence-corrected chi connectivity index (χ1v) is 9.80. The predicted octanol–water partition coefficient (Wildman–Crippen LogP) is 3.38. The van der Waals surface area contributed by atoms with Gasteiger partial charge >= 0.3 is 0 Å². The highest BCUT2D eigenvalue weighted by Gasteiger charge is 2.26. The van der Waals surface area contributed by atoms with E-state index in [0.29, 0.717) is 24.4 Å². The topological polar surface area (TPSA) is 75.7 Å². The van der Waals surface area contributed by atoms with Crippen molar-refractivity contribution in [3.05, 3.63) is 65.7 Å². The molecular formula is C23H28N2O4. The largest absolute Gasteiger partial charge is 0.497 e. The first kappa shape index (κ1) is 22.1. The third-order valence-corrected chi connectivity index (χ3v) is 4.73. The van der Waals surface area contributed by atoms with Gasteiger partial charge in [0.2, 0.25) is 11.8 Å². The lowest BCUT2D eigenvalue weighted by atomic mass is 10.0. The Bertz CT molecular complexity index is 832. The van der Waals surface area contributed by atoms with Gasteiger partial charge in [-0.2, -0.15) is 0 Å². The second-order valence-corrected chi connectivity index (χ2v) is 6.58. The molecule has 0 aliphatic heterocycles. The molecule has 0 fully saturated rings. The number of carbonyl (C=O) groups excluding carboxylic acids is 3. The van der Waals surface area contributed by atoms with Gasteiger partial charge in [0, 0.05) is 31.5 Å². The summed E-state index contributed by atoms with van der Waals surface area (Å²) in [6, 6.07) is 15.2. The van der Waals surface area contributed by atoms with Crippen LogP contribution in [0.15, 0.2) is 54.6 Å². The standard InChI is InChI=1S/C23H28N2O4/c1-4-25(5-2)23(28)22(17-10-7-6-8-11-17)24-21(27)15-14-20(26)18-12-9-13-19(16-18)29-3/h6-13,16,22H,4-5,14-15H2,1-3H3,(H,24,27). The number of ketones is 1. The van der Waals surface area contributed by atoms with Gasteiger partial charge in [-0.15, -0.1) is 0 Å². The van der Waals surface area contributed by atoms with E-state index >= 15 is 0 Å². The molecule has 1 atom stereocenters. The Labute approximate surface area is 171 Å². The molecule has 0 heterocycles. The third kappa shape index (κ3) is 6.17. The van der Waals surface area contributed by atoms with Gasteiger partial charge in [-0.3, -0.25) is 14.4 Å². The fraction of sp³-hybridized carbons (Fsp3) is 0.348. The van der Waals surface area contributed by atoms with E-state index in [0.717, 1.165) is 5.56 Å². The van der Waals surface area contributed by atoms with E-state index < -0.39 is 6.04 Å². The second-order valence-electron chi connectivity index (χ2n) is 6.58. The molecule has 1 N–H and O–H groups in total. The Kier molecular flexibility index (Phi) is 8.40. The van der Waals surface area contributed by atoms with Crippen LogP contribution in [-0.4, -0.2) is 42.7 Å². The zero-order valence-electron chi connectivity index (χ0n) is 17.2. The lowest BCUT2D eigenvalue weighted by Gasteiger charge is -2.26. The molecule has 1 unspecified atom stereocenters. The molecule has 0 spiro atoms. The number of carbonyl (C=O) groups is 3. The van der Waals surface area contributed by atoms with Crippen molar-refractivity contribution in [1.29, 1.82) is 0 Å². The molecule has 6 nitrogen and oxygen atoms in total. The van der Waals surface area contributed by atoms with E-state index in [-0.39, 0.29) is 30.4 Å². The molecule has 0 aliphatic carbocycles. The number of nitrogens with zero attached hydrogens (tertiary/aromatic N) is 1. The first-order chi connectivity index (χ1) is 14.0. The minimum Gasteiger partial charge on any atom is -0.497 e. The molecule has 6 heteroatoms. The molecular weight excluding hydrogens is 368 g/mol. The van der Waals surface area contributed by atoms with Gasteiger partial charge in [0.1, 0.15) is 11.8 Å². The van der Waals surface area contributed by atoms with Crippen molar-refractivity contribution < 1.29 is 19.1 Å². The van der Waals surface area contributed by atoms with Crippen LogP contribution in [-0.2, 0) is 9.59 Å². The SMILES string of the molecule is CCN(CC)C(=O)C(NC(=O)CCC(=O)c1cccc(OC)c1)c1ccccc1. The molecule has 0 aromatic heterocycles. The van der Waals surface area contributed by atoms with Crippen LogP contribution in [0.2, 0.25) is 0 Å². The van der Waals surface area contributed by atoms with Crippen molar-refractivity contribution in [2.24, 2.45) is 0 Å². The maximum atomic E-state index is 12.9. The van der Waals surface area contributed by atoms with Gasteiger partial charge in [0.15, 0.2) is 5.78 Å². The number of Topliss-reactive ketones (excluding diaryl/α,β-unsaturated/α-hetero) is 1. The van der Waals surface area contributed by atoms with Gasteiger partial charge < -0.3 is 15.0 Å². The predicted molar refractivity (Wildman–Crippen MR) is 112 cm³/mol. The zero-order chi connectivity index (χ0) is 21.2. The van der Waals surface area contributed by atoms with Crippen molar-refractivity contribution in [1.82, 2.24) is 10.2 Å². The van der Waals surface area contributed by atoms with Crippen LogP contribution in [0.4, 0.5) is 0 Å². The van der Waals surface area contributed by atoms with Crippen LogP contribution in [0.1, 0.15) is 48.7 Å². The van der Waals surface area contributed by atoms with Crippen LogP contribution in [0.3, 0.4) is 0 Å². The number of amides is 2. The molecule has 0 bridgehead atoms. The van der Waals surface area contributed by atoms with E-state index in [1.54, 1.807) is 29.2 Å². The Morgan fingerprint density at radius 2 is 1.66 bits per heavy atom. The zero-order valence-corrected chi connectivity index (χ0v) is 17.2. The van der Waals surface area contributed by atoms with Crippen molar-refractivity contribution in [2.75, 3.05) is 20.2 Å². The number of ether oxygens (including phenoxy) is 1. The van der Waals surface area contributed by atoms with Crippen molar-refractivity contribution >= 4 is 17.6 Å². The van der Waals surface area contributed by atoms with Crippen LogP contribution in [0, 0.1) is 0 Å². The minimum absolute atomic E-state index is 0.00487. The highest BCUT2D eigenvalue weighted by Crippen LogP contribution is 2.18. The van der Waals surface area contributed by atoms with E-state index in [2.05, 4.69) is 5.32 Å². The maximum Gasteiger partial charge on any atom is 0.249 e. The quantitative estimate of drug-likeness (QED) is 0.625. The number of benzene rings is 2. The van der Waals surface area contributed by atoms with Crippen LogP contribution in [0.25, 0.3) is 0 Å². The van der Waals surface area contributed by atoms with E-state index in [9.17, 15) is 14.4 Å². The van der Waals surface area contributed by atoms with Gasteiger partial charge in [-0.25, -0.2) is 0 Å². The highest BCUT2D eigenvalue weighted by atomic mass is 16.5. The minimum atomic E-state index is -0.768. The summed E-state index contributed by atoms with van der Waals surface area (Å²) in [7, 11) is 1.54. The highest BCUT2D eigenvalue weighted by molar-refractivity contribution is 5.98. The average Bonchev–Trinajstić information content (AvgIpc) is 2.77. The lowest BCUT2D eigenvalue weighted by Crippen LogP contribution is -2.42. The van der Waals surface area contributed by atoms with Crippen molar-refractivity contribution in [2.45, 2.75) is 32.7 Å². The van der Waals surface area contributed by atoms with Crippen LogP contribution >= 0.6 is 0 Å². The fourth-order valence-electron chi connectivity index (χ4n) is 3.05. The normalized spacial score (nSPS) is 11.4. The number of methoxy groups -OCH3 is 1. The molecule has 2 amide bonds. The molecule has 0 saturated carbocycles. The molecule has 29 heavy (non-hydrogen) atoms. The van der Waals surface area contributed by atoms with Gasteiger partial charge in [-0.1, -0.05) is 42.5 Å². The van der Waals surface area contributed by atoms with E-state index in [1.807, 2.05) is 44.2 Å². The molecule has 2 rings (SSSR count). The molecule has 2 aromatic carbocycles. The monoisotopic (exact) mass is 396 g/mol. The second kappa shape index (κ2) is 11.0.